The third-order valence-corrected chi connectivity index (χ3v) is 6.16. The van der Waals surface area contributed by atoms with Gasteiger partial charge in [0.25, 0.3) is 0 Å². The Hall–Kier alpha value is -1.25. The van der Waals surface area contributed by atoms with Crippen LogP contribution in [0, 0.1) is 0 Å². The van der Waals surface area contributed by atoms with Crippen molar-refractivity contribution in [3.63, 3.8) is 0 Å². The number of rotatable bonds is 2. The van der Waals surface area contributed by atoms with Crippen LogP contribution in [-0.2, 0) is 11.9 Å². The van der Waals surface area contributed by atoms with E-state index in [0.29, 0.717) is 9.58 Å². The van der Waals surface area contributed by atoms with E-state index in [9.17, 15) is 30.4 Å². The quantitative estimate of drug-likeness (QED) is 0.297. The Morgan fingerprint density at radius 3 is 2.08 bits per heavy atom. The zero-order valence-electron chi connectivity index (χ0n) is 12.8. The number of alkyl halides is 3. The molecule has 0 saturated heterocycles. The first-order chi connectivity index (χ1) is 11.0. The SMILES string of the molecule is CCc1ccc2cc(C3CCC3)[s+](C(F)(F)F)c2c1.F[B-](F)(F)F. The normalized spacial score (nSPS) is 16.6. The van der Waals surface area contributed by atoms with Crippen molar-refractivity contribution in [2.75, 3.05) is 0 Å². The van der Waals surface area contributed by atoms with Gasteiger partial charge < -0.3 is 17.3 Å². The monoisotopic (exact) mass is 372 g/mol. The minimum absolute atomic E-state index is 0.155. The number of hydrogen-bond donors (Lipinski definition) is 0. The summed E-state index contributed by atoms with van der Waals surface area (Å²) in [5, 5.41) is 0.778. The van der Waals surface area contributed by atoms with Crippen LogP contribution in [0.15, 0.2) is 24.3 Å². The lowest BCUT2D eigenvalue weighted by atomic mass is 9.84. The Balaban J connectivity index is 0.000000368. The summed E-state index contributed by atoms with van der Waals surface area (Å²) in [4.78, 5) is 0.627. The first-order valence-electron chi connectivity index (χ1n) is 7.53. The second-order valence-electron chi connectivity index (χ2n) is 5.65. The molecule has 0 nitrogen and oxygen atoms in total. The number of hydrogen-bond acceptors (Lipinski definition) is 0. The summed E-state index contributed by atoms with van der Waals surface area (Å²) < 4.78 is 79.7. The first-order valence-corrected chi connectivity index (χ1v) is 8.76. The molecule has 0 bridgehead atoms. The average molecular weight is 372 g/mol. The minimum Gasteiger partial charge on any atom is -0.418 e. The van der Waals surface area contributed by atoms with Gasteiger partial charge in [-0.05, 0) is 30.9 Å². The minimum atomic E-state index is -6.00. The summed E-state index contributed by atoms with van der Waals surface area (Å²) in [6.07, 6.45) is 3.68. The number of halogens is 7. The molecule has 1 atom stereocenters. The fraction of sp³-hybridized carbons (Fsp3) is 0.467. The van der Waals surface area contributed by atoms with E-state index in [1.165, 1.54) is 0 Å². The molecule has 0 radical (unpaired) electrons. The van der Waals surface area contributed by atoms with Gasteiger partial charge in [0, 0.05) is 23.4 Å². The van der Waals surface area contributed by atoms with E-state index < -0.39 is 23.2 Å². The van der Waals surface area contributed by atoms with Gasteiger partial charge in [-0.1, -0.05) is 19.4 Å². The van der Waals surface area contributed by atoms with E-state index >= 15 is 0 Å². The zero-order valence-corrected chi connectivity index (χ0v) is 13.7. The van der Waals surface area contributed by atoms with Crippen LogP contribution in [0.25, 0.3) is 10.1 Å². The van der Waals surface area contributed by atoms with Crippen LogP contribution in [0.1, 0.15) is 42.5 Å². The number of thiophene rings is 1. The fourth-order valence-corrected chi connectivity index (χ4v) is 4.89. The van der Waals surface area contributed by atoms with Crippen LogP contribution in [0.3, 0.4) is 0 Å². The van der Waals surface area contributed by atoms with E-state index in [4.69, 9.17) is 0 Å². The van der Waals surface area contributed by atoms with E-state index in [1.54, 1.807) is 12.1 Å². The van der Waals surface area contributed by atoms with E-state index in [1.807, 2.05) is 19.1 Å². The molecule has 1 saturated carbocycles. The lowest BCUT2D eigenvalue weighted by Gasteiger charge is -2.21. The molecular formula is C15H16BF7S. The van der Waals surface area contributed by atoms with Gasteiger partial charge in [0.1, 0.15) is 0 Å². The molecule has 24 heavy (non-hydrogen) atoms. The third kappa shape index (κ3) is 4.65. The molecule has 1 aromatic heterocycles. The summed E-state index contributed by atoms with van der Waals surface area (Å²) in [7, 11) is -7.69. The largest absolute Gasteiger partial charge is 0.673 e. The molecule has 2 aromatic rings. The molecule has 1 fully saturated rings. The Bertz CT molecular complexity index is 692. The van der Waals surface area contributed by atoms with Gasteiger partial charge in [0.2, 0.25) is 0 Å². The molecule has 3 rings (SSSR count). The third-order valence-electron chi connectivity index (χ3n) is 3.98. The van der Waals surface area contributed by atoms with Gasteiger partial charge in [0.15, 0.2) is 9.58 Å². The highest BCUT2D eigenvalue weighted by atomic mass is 32.2. The van der Waals surface area contributed by atoms with Crippen molar-refractivity contribution in [2.45, 2.75) is 44.0 Å². The van der Waals surface area contributed by atoms with Crippen molar-refractivity contribution in [1.29, 1.82) is 0 Å². The molecule has 134 valence electrons. The second kappa shape index (κ2) is 6.94. The van der Waals surface area contributed by atoms with Crippen LogP contribution >= 0.6 is 10.5 Å². The van der Waals surface area contributed by atoms with Crippen molar-refractivity contribution < 1.29 is 30.4 Å². The number of aryl methyl sites for hydroxylation is 1. The standard InChI is InChI=1S/C15H16F3S.BF4/c1-2-10-6-7-12-9-14(11-4-3-5-11)19(13(12)8-10)15(16,17)18;2-1(3,4)5/h6-9,11H,2-5H2,1H3;/q+1;-1. The lowest BCUT2D eigenvalue weighted by Crippen LogP contribution is -2.10. The number of fused-ring (bicyclic) bond motifs is 1. The van der Waals surface area contributed by atoms with Crippen molar-refractivity contribution in [3.8, 4) is 0 Å². The van der Waals surface area contributed by atoms with Gasteiger partial charge in [-0.3, -0.25) is 0 Å². The predicted octanol–water partition coefficient (Wildman–Crippen LogP) is 7.20. The zero-order chi connectivity index (χ0) is 18.1. The Morgan fingerprint density at radius 1 is 1.08 bits per heavy atom. The molecule has 0 spiro atoms. The highest BCUT2D eigenvalue weighted by Crippen LogP contribution is 2.56. The Kier molecular flexibility index (Phi) is 5.52. The molecule has 0 amide bonds. The maximum atomic E-state index is 13.4. The summed E-state index contributed by atoms with van der Waals surface area (Å²) >= 11 is 0. The lowest BCUT2D eigenvalue weighted by molar-refractivity contribution is -0.0868. The van der Waals surface area contributed by atoms with Crippen LogP contribution in [-0.4, -0.2) is 7.25 Å². The van der Waals surface area contributed by atoms with Crippen LogP contribution < -0.4 is 0 Å². The van der Waals surface area contributed by atoms with E-state index in [-0.39, 0.29) is 5.92 Å². The summed E-state index contributed by atoms with van der Waals surface area (Å²) in [6.45, 7) is 1.97. The summed E-state index contributed by atoms with van der Waals surface area (Å²) in [5.74, 6) is 0.155. The molecule has 9 heteroatoms. The van der Waals surface area contributed by atoms with E-state index in [0.717, 1.165) is 36.6 Å². The Morgan fingerprint density at radius 2 is 1.67 bits per heavy atom. The molecule has 0 aliphatic heterocycles. The van der Waals surface area contributed by atoms with Gasteiger partial charge in [-0.25, -0.2) is 0 Å². The van der Waals surface area contributed by atoms with Crippen LogP contribution in [0.4, 0.5) is 30.4 Å². The highest BCUT2D eigenvalue weighted by Gasteiger charge is 2.50. The molecule has 1 aliphatic carbocycles. The van der Waals surface area contributed by atoms with Crippen molar-refractivity contribution in [1.82, 2.24) is 0 Å². The molecule has 1 unspecified atom stereocenters. The van der Waals surface area contributed by atoms with Crippen molar-refractivity contribution >= 4 is 27.8 Å². The molecular weight excluding hydrogens is 356 g/mol. The molecule has 1 aliphatic rings. The smallest absolute Gasteiger partial charge is 0.418 e. The Labute approximate surface area is 137 Å². The fourth-order valence-electron chi connectivity index (χ4n) is 2.67. The molecule has 1 heterocycles. The van der Waals surface area contributed by atoms with Crippen LogP contribution in [0.5, 0.6) is 0 Å². The molecule has 1 aromatic carbocycles. The van der Waals surface area contributed by atoms with E-state index in [2.05, 4.69) is 0 Å². The average Bonchev–Trinajstić information content (AvgIpc) is 2.71. The number of benzene rings is 1. The first kappa shape index (κ1) is 19.1. The van der Waals surface area contributed by atoms with Crippen molar-refractivity contribution in [2.24, 2.45) is 0 Å². The van der Waals surface area contributed by atoms with Crippen LogP contribution in [0.2, 0.25) is 0 Å². The molecule has 0 N–H and O–H groups in total. The topological polar surface area (TPSA) is 0 Å². The summed E-state index contributed by atoms with van der Waals surface area (Å²) in [5.41, 5.74) is -3.15. The predicted molar refractivity (Wildman–Crippen MR) is 83.9 cm³/mol. The van der Waals surface area contributed by atoms with Gasteiger partial charge in [0.05, 0.1) is 10.5 Å². The van der Waals surface area contributed by atoms with Gasteiger partial charge >= 0.3 is 12.8 Å². The summed E-state index contributed by atoms with van der Waals surface area (Å²) in [6, 6.07) is 7.35. The van der Waals surface area contributed by atoms with Crippen molar-refractivity contribution in [3.05, 3.63) is 34.7 Å². The van der Waals surface area contributed by atoms with Gasteiger partial charge in [-0.2, -0.15) is 0 Å². The second-order valence-corrected chi connectivity index (χ2v) is 7.63. The highest BCUT2D eigenvalue weighted by molar-refractivity contribution is 7.38. The maximum absolute atomic E-state index is 13.4. The van der Waals surface area contributed by atoms with Gasteiger partial charge in [-0.15, -0.1) is 13.2 Å². The maximum Gasteiger partial charge on any atom is 0.673 e.